The zero-order valence-corrected chi connectivity index (χ0v) is 11.6. The third-order valence-corrected chi connectivity index (χ3v) is 2.89. The van der Waals surface area contributed by atoms with Gasteiger partial charge in [-0.05, 0) is 37.9 Å². The predicted molar refractivity (Wildman–Crippen MR) is 67.9 cm³/mol. The average Bonchev–Trinajstić information content (AvgIpc) is 2.70. The zero-order valence-electron chi connectivity index (χ0n) is 11.6. The molecule has 0 bridgehead atoms. The SMILES string of the molecule is CCC[C@@H](CNC(=O)Cn1nnnc1C)N(C)C. The van der Waals surface area contributed by atoms with Crippen LogP contribution in [0.5, 0.6) is 0 Å². The van der Waals surface area contributed by atoms with Crippen LogP contribution in [0.15, 0.2) is 0 Å². The zero-order chi connectivity index (χ0) is 13.5. The number of hydrogen-bond acceptors (Lipinski definition) is 5. The first kappa shape index (κ1) is 14.6. The van der Waals surface area contributed by atoms with Gasteiger partial charge in [-0.15, -0.1) is 5.10 Å². The normalized spacial score (nSPS) is 12.7. The van der Waals surface area contributed by atoms with E-state index in [4.69, 9.17) is 0 Å². The molecule has 7 nitrogen and oxygen atoms in total. The summed E-state index contributed by atoms with van der Waals surface area (Å²) < 4.78 is 1.49. The van der Waals surface area contributed by atoms with E-state index in [2.05, 4.69) is 32.7 Å². The lowest BCUT2D eigenvalue weighted by Gasteiger charge is -2.24. The van der Waals surface area contributed by atoms with E-state index in [9.17, 15) is 4.79 Å². The molecule has 0 aliphatic carbocycles. The number of nitrogens with one attached hydrogen (secondary N) is 1. The van der Waals surface area contributed by atoms with Crippen molar-refractivity contribution in [3.63, 3.8) is 0 Å². The van der Waals surface area contributed by atoms with Gasteiger partial charge in [-0.25, -0.2) is 4.68 Å². The maximum absolute atomic E-state index is 11.7. The van der Waals surface area contributed by atoms with E-state index < -0.39 is 0 Å². The molecule has 0 radical (unpaired) electrons. The Morgan fingerprint density at radius 1 is 1.50 bits per heavy atom. The maximum atomic E-state index is 11.7. The number of carbonyl (C=O) groups excluding carboxylic acids is 1. The van der Waals surface area contributed by atoms with Crippen molar-refractivity contribution < 1.29 is 4.79 Å². The fourth-order valence-corrected chi connectivity index (χ4v) is 1.70. The third-order valence-electron chi connectivity index (χ3n) is 2.89. The number of rotatable bonds is 7. The summed E-state index contributed by atoms with van der Waals surface area (Å²) in [5.74, 6) is 0.580. The van der Waals surface area contributed by atoms with Gasteiger partial charge in [0.15, 0.2) is 0 Å². The molecule has 0 aliphatic heterocycles. The third kappa shape index (κ3) is 4.40. The molecule has 0 fully saturated rings. The van der Waals surface area contributed by atoms with E-state index in [1.807, 2.05) is 14.1 Å². The molecule has 0 saturated heterocycles. The molecule has 102 valence electrons. The molecular weight excluding hydrogens is 232 g/mol. The number of likely N-dealkylation sites (N-methyl/N-ethyl adjacent to an activating group) is 1. The van der Waals surface area contributed by atoms with Crippen molar-refractivity contribution in [3.05, 3.63) is 5.82 Å². The smallest absolute Gasteiger partial charge is 0.241 e. The molecule has 0 spiro atoms. The summed E-state index contributed by atoms with van der Waals surface area (Å²) in [6.07, 6.45) is 2.17. The Kier molecular flexibility index (Phi) is 5.70. The second-order valence-corrected chi connectivity index (χ2v) is 4.59. The number of nitrogens with zero attached hydrogens (tertiary/aromatic N) is 5. The van der Waals surface area contributed by atoms with E-state index in [1.54, 1.807) is 6.92 Å². The quantitative estimate of drug-likeness (QED) is 0.731. The molecule has 1 aromatic rings. The van der Waals surface area contributed by atoms with Crippen LogP contribution in [0, 0.1) is 6.92 Å². The minimum Gasteiger partial charge on any atom is -0.353 e. The van der Waals surface area contributed by atoms with Gasteiger partial charge >= 0.3 is 0 Å². The molecular formula is C11H22N6O. The fraction of sp³-hybridized carbons (Fsp3) is 0.818. The summed E-state index contributed by atoms with van der Waals surface area (Å²) in [5, 5.41) is 13.9. The molecule has 1 N–H and O–H groups in total. The highest BCUT2D eigenvalue weighted by Gasteiger charge is 2.12. The van der Waals surface area contributed by atoms with E-state index in [0.717, 1.165) is 12.8 Å². The Morgan fingerprint density at radius 2 is 2.22 bits per heavy atom. The number of tetrazole rings is 1. The molecule has 18 heavy (non-hydrogen) atoms. The van der Waals surface area contributed by atoms with Gasteiger partial charge in [-0.3, -0.25) is 4.79 Å². The van der Waals surface area contributed by atoms with Crippen LogP contribution in [0.2, 0.25) is 0 Å². The van der Waals surface area contributed by atoms with Gasteiger partial charge in [0.2, 0.25) is 5.91 Å². The van der Waals surface area contributed by atoms with Gasteiger partial charge in [-0.2, -0.15) is 0 Å². The number of hydrogen-bond donors (Lipinski definition) is 1. The maximum Gasteiger partial charge on any atom is 0.241 e. The molecule has 7 heteroatoms. The van der Waals surface area contributed by atoms with Crippen molar-refractivity contribution in [3.8, 4) is 0 Å². The highest BCUT2D eigenvalue weighted by Crippen LogP contribution is 2.01. The van der Waals surface area contributed by atoms with E-state index >= 15 is 0 Å². The molecule has 1 aromatic heterocycles. The Labute approximate surface area is 108 Å². The molecule has 1 atom stereocenters. The Balaban J connectivity index is 2.38. The van der Waals surface area contributed by atoms with Gasteiger partial charge < -0.3 is 10.2 Å². The van der Waals surface area contributed by atoms with Crippen molar-refractivity contribution in [2.24, 2.45) is 0 Å². The van der Waals surface area contributed by atoms with Crippen LogP contribution in [0.1, 0.15) is 25.6 Å². The van der Waals surface area contributed by atoms with Gasteiger partial charge in [-0.1, -0.05) is 13.3 Å². The monoisotopic (exact) mass is 254 g/mol. The standard InChI is InChI=1S/C11H22N6O/c1-5-6-10(16(3)4)7-12-11(18)8-17-9(2)13-14-15-17/h10H,5-8H2,1-4H3,(H,12,18)/t10-/m0/s1. The van der Waals surface area contributed by atoms with Crippen LogP contribution in [0.25, 0.3) is 0 Å². The van der Waals surface area contributed by atoms with E-state index in [-0.39, 0.29) is 12.5 Å². The summed E-state index contributed by atoms with van der Waals surface area (Å²) >= 11 is 0. The molecule has 0 aromatic carbocycles. The Bertz CT molecular complexity index is 375. The Hall–Kier alpha value is -1.50. The van der Waals surface area contributed by atoms with Crippen LogP contribution >= 0.6 is 0 Å². The first-order chi connectivity index (χ1) is 8.54. The molecule has 0 saturated carbocycles. The van der Waals surface area contributed by atoms with Gasteiger partial charge in [0.05, 0.1) is 0 Å². The van der Waals surface area contributed by atoms with Crippen molar-refractivity contribution >= 4 is 5.91 Å². The van der Waals surface area contributed by atoms with Crippen molar-refractivity contribution in [2.45, 2.75) is 39.3 Å². The second kappa shape index (κ2) is 7.05. The highest BCUT2D eigenvalue weighted by atomic mass is 16.2. The number of aryl methyl sites for hydroxylation is 1. The number of aromatic nitrogens is 4. The van der Waals surface area contributed by atoms with E-state index in [0.29, 0.717) is 18.4 Å². The Morgan fingerprint density at radius 3 is 2.72 bits per heavy atom. The van der Waals surface area contributed by atoms with Crippen molar-refractivity contribution in [1.29, 1.82) is 0 Å². The summed E-state index contributed by atoms with van der Waals surface area (Å²) in [5.41, 5.74) is 0. The van der Waals surface area contributed by atoms with Gasteiger partial charge in [0, 0.05) is 12.6 Å². The molecule has 1 rings (SSSR count). The van der Waals surface area contributed by atoms with Crippen LogP contribution < -0.4 is 5.32 Å². The van der Waals surface area contributed by atoms with Crippen molar-refractivity contribution in [2.75, 3.05) is 20.6 Å². The van der Waals surface area contributed by atoms with Crippen molar-refractivity contribution in [1.82, 2.24) is 30.4 Å². The number of amides is 1. The summed E-state index contributed by atoms with van der Waals surface area (Å²) in [4.78, 5) is 13.9. The van der Waals surface area contributed by atoms with Crippen LogP contribution in [0.3, 0.4) is 0 Å². The van der Waals surface area contributed by atoms with Crippen LogP contribution in [0.4, 0.5) is 0 Å². The highest BCUT2D eigenvalue weighted by molar-refractivity contribution is 5.75. The topological polar surface area (TPSA) is 75.9 Å². The lowest BCUT2D eigenvalue weighted by atomic mass is 10.1. The predicted octanol–water partition coefficient (Wildman–Crippen LogP) is -0.172. The lowest BCUT2D eigenvalue weighted by molar-refractivity contribution is -0.122. The van der Waals surface area contributed by atoms with E-state index in [1.165, 1.54) is 4.68 Å². The van der Waals surface area contributed by atoms with Crippen LogP contribution in [-0.2, 0) is 11.3 Å². The largest absolute Gasteiger partial charge is 0.353 e. The summed E-state index contributed by atoms with van der Waals surface area (Å²) in [7, 11) is 4.05. The molecule has 0 unspecified atom stereocenters. The minimum atomic E-state index is -0.0617. The first-order valence-corrected chi connectivity index (χ1v) is 6.20. The van der Waals surface area contributed by atoms with Gasteiger partial charge in [0.1, 0.15) is 12.4 Å². The summed E-state index contributed by atoms with van der Waals surface area (Å²) in [6, 6.07) is 0.369. The average molecular weight is 254 g/mol. The minimum absolute atomic E-state index is 0.0617. The lowest BCUT2D eigenvalue weighted by Crippen LogP contribution is -2.41. The second-order valence-electron chi connectivity index (χ2n) is 4.59. The molecule has 1 heterocycles. The fourth-order valence-electron chi connectivity index (χ4n) is 1.70. The van der Waals surface area contributed by atoms with Crippen LogP contribution in [-0.4, -0.2) is 57.7 Å². The summed E-state index contributed by atoms with van der Waals surface area (Å²) in [6.45, 7) is 4.74. The van der Waals surface area contributed by atoms with Gasteiger partial charge in [0.25, 0.3) is 0 Å². The number of carbonyl (C=O) groups is 1. The molecule has 1 amide bonds. The first-order valence-electron chi connectivity index (χ1n) is 6.20. The molecule has 0 aliphatic rings.